The van der Waals surface area contributed by atoms with Gasteiger partial charge in [0.25, 0.3) is 0 Å². The Morgan fingerprint density at radius 2 is 2.05 bits per heavy atom. The Balaban J connectivity index is 2.51. The predicted octanol–water partition coefficient (Wildman–Crippen LogP) is 2.33. The summed E-state index contributed by atoms with van der Waals surface area (Å²) in [5, 5.41) is 9.19. The van der Waals surface area contributed by atoms with Crippen molar-refractivity contribution in [1.82, 2.24) is 4.90 Å². The highest BCUT2D eigenvalue weighted by Crippen LogP contribution is 2.13. The van der Waals surface area contributed by atoms with Crippen molar-refractivity contribution < 1.29 is 14.6 Å². The first-order chi connectivity index (χ1) is 9.52. The largest absolute Gasteiger partial charge is 0.494 e. The summed E-state index contributed by atoms with van der Waals surface area (Å²) in [4.78, 5) is 13.4. The van der Waals surface area contributed by atoms with E-state index < -0.39 is 0 Å². The summed E-state index contributed by atoms with van der Waals surface area (Å²) in [7, 11) is 1.73. The van der Waals surface area contributed by atoms with Gasteiger partial charge in [-0.15, -0.1) is 0 Å². The summed E-state index contributed by atoms with van der Waals surface area (Å²) < 4.78 is 5.36. The number of hydrogen-bond donors (Lipinski definition) is 1. The molecule has 0 bridgehead atoms. The Labute approximate surface area is 120 Å². The fourth-order valence-electron chi connectivity index (χ4n) is 1.63. The number of aliphatic hydroxyl groups excluding tert-OH is 1. The van der Waals surface area contributed by atoms with Crippen LogP contribution in [-0.4, -0.2) is 42.2 Å². The molecule has 4 nitrogen and oxygen atoms in total. The van der Waals surface area contributed by atoms with Gasteiger partial charge in [-0.05, 0) is 44.0 Å². The molecule has 0 fully saturated rings. The fourth-order valence-corrected chi connectivity index (χ4v) is 1.63. The number of carbonyl (C=O) groups excluding carboxylic acids is 1. The van der Waals surface area contributed by atoms with Crippen molar-refractivity contribution in [2.75, 3.05) is 20.2 Å². The van der Waals surface area contributed by atoms with Crippen LogP contribution in [0.3, 0.4) is 0 Å². The number of benzene rings is 1. The number of ether oxygens (including phenoxy) is 1. The van der Waals surface area contributed by atoms with Gasteiger partial charge in [0, 0.05) is 19.7 Å². The van der Waals surface area contributed by atoms with Crippen molar-refractivity contribution >= 4 is 12.0 Å². The first-order valence-electron chi connectivity index (χ1n) is 6.87. The first-order valence-corrected chi connectivity index (χ1v) is 6.87. The highest BCUT2D eigenvalue weighted by Gasteiger charge is 2.05. The van der Waals surface area contributed by atoms with E-state index in [9.17, 15) is 9.90 Å². The molecular formula is C16H23NO3. The quantitative estimate of drug-likeness (QED) is 0.778. The number of nitrogens with zero attached hydrogens (tertiary/aromatic N) is 1. The Bertz CT molecular complexity index is 438. The zero-order chi connectivity index (χ0) is 15.0. The van der Waals surface area contributed by atoms with Gasteiger partial charge in [-0.2, -0.15) is 0 Å². The summed E-state index contributed by atoms with van der Waals surface area (Å²) in [6, 6.07) is 7.57. The summed E-state index contributed by atoms with van der Waals surface area (Å²) in [5.74, 6) is 0.754. The maximum atomic E-state index is 11.8. The van der Waals surface area contributed by atoms with E-state index in [4.69, 9.17) is 4.74 Å². The molecule has 1 aromatic rings. The number of hydrogen-bond acceptors (Lipinski definition) is 3. The van der Waals surface area contributed by atoms with E-state index >= 15 is 0 Å². The van der Waals surface area contributed by atoms with Gasteiger partial charge in [0.2, 0.25) is 5.91 Å². The lowest BCUT2D eigenvalue weighted by molar-refractivity contribution is -0.124. The van der Waals surface area contributed by atoms with Crippen molar-refractivity contribution in [2.45, 2.75) is 26.4 Å². The molecule has 1 aromatic carbocycles. The van der Waals surface area contributed by atoms with Gasteiger partial charge >= 0.3 is 0 Å². The van der Waals surface area contributed by atoms with Crippen molar-refractivity contribution in [1.29, 1.82) is 0 Å². The minimum absolute atomic E-state index is 0.0699. The van der Waals surface area contributed by atoms with E-state index in [2.05, 4.69) is 0 Å². The van der Waals surface area contributed by atoms with Gasteiger partial charge in [0.05, 0.1) is 12.7 Å². The molecule has 0 spiro atoms. The molecule has 0 radical (unpaired) electrons. The number of carbonyl (C=O) groups is 1. The lowest BCUT2D eigenvalue weighted by Crippen LogP contribution is -2.27. The summed E-state index contributed by atoms with van der Waals surface area (Å²) in [6.07, 6.45) is 3.51. The molecule has 1 unspecified atom stereocenters. The molecule has 0 aliphatic heterocycles. The van der Waals surface area contributed by atoms with Crippen molar-refractivity contribution in [2.24, 2.45) is 0 Å². The second kappa shape index (κ2) is 8.38. The lowest BCUT2D eigenvalue weighted by atomic mass is 10.2. The second-order valence-electron chi connectivity index (χ2n) is 4.73. The average molecular weight is 277 g/mol. The highest BCUT2D eigenvalue weighted by atomic mass is 16.5. The van der Waals surface area contributed by atoms with Gasteiger partial charge in [0.1, 0.15) is 5.75 Å². The molecule has 1 atom stereocenters. The van der Waals surface area contributed by atoms with Crippen molar-refractivity contribution in [3.8, 4) is 5.75 Å². The fraction of sp³-hybridized carbons (Fsp3) is 0.438. The van der Waals surface area contributed by atoms with Crippen LogP contribution < -0.4 is 4.74 Å². The van der Waals surface area contributed by atoms with Crippen LogP contribution in [0.2, 0.25) is 0 Å². The molecule has 20 heavy (non-hydrogen) atoms. The van der Waals surface area contributed by atoms with E-state index in [-0.39, 0.29) is 12.0 Å². The first kappa shape index (κ1) is 16.2. The van der Waals surface area contributed by atoms with Crippen LogP contribution in [0.25, 0.3) is 6.08 Å². The zero-order valence-electron chi connectivity index (χ0n) is 12.4. The van der Waals surface area contributed by atoms with Crippen LogP contribution in [0.1, 0.15) is 25.8 Å². The Hall–Kier alpha value is -1.81. The second-order valence-corrected chi connectivity index (χ2v) is 4.73. The van der Waals surface area contributed by atoms with Crippen LogP contribution >= 0.6 is 0 Å². The predicted molar refractivity (Wildman–Crippen MR) is 80.6 cm³/mol. The van der Waals surface area contributed by atoms with Gasteiger partial charge in [0.15, 0.2) is 0 Å². The number of amides is 1. The van der Waals surface area contributed by atoms with Crippen molar-refractivity contribution in [3.63, 3.8) is 0 Å². The normalized spacial score (nSPS) is 12.4. The van der Waals surface area contributed by atoms with Crippen LogP contribution in [0.5, 0.6) is 5.75 Å². The van der Waals surface area contributed by atoms with Crippen LogP contribution in [0, 0.1) is 0 Å². The minimum Gasteiger partial charge on any atom is -0.494 e. The van der Waals surface area contributed by atoms with E-state index in [0.29, 0.717) is 19.6 Å². The maximum Gasteiger partial charge on any atom is 0.246 e. The number of likely N-dealkylation sites (N-methyl/N-ethyl adjacent to an activating group) is 1. The van der Waals surface area contributed by atoms with Crippen LogP contribution in [-0.2, 0) is 4.79 Å². The van der Waals surface area contributed by atoms with Gasteiger partial charge in [-0.3, -0.25) is 4.79 Å². The molecule has 0 heterocycles. The molecule has 1 rings (SSSR count). The number of rotatable bonds is 7. The third-order valence-electron chi connectivity index (χ3n) is 2.87. The van der Waals surface area contributed by atoms with E-state index in [1.807, 2.05) is 31.2 Å². The van der Waals surface area contributed by atoms with Crippen LogP contribution in [0.4, 0.5) is 0 Å². The monoisotopic (exact) mass is 277 g/mol. The minimum atomic E-state index is -0.389. The van der Waals surface area contributed by atoms with E-state index in [1.54, 1.807) is 24.9 Å². The van der Waals surface area contributed by atoms with Gasteiger partial charge < -0.3 is 14.7 Å². The molecule has 1 amide bonds. The van der Waals surface area contributed by atoms with Gasteiger partial charge in [-0.25, -0.2) is 0 Å². The molecule has 0 aliphatic rings. The maximum absolute atomic E-state index is 11.8. The van der Waals surface area contributed by atoms with E-state index in [0.717, 1.165) is 11.3 Å². The molecule has 0 aliphatic carbocycles. The molecule has 1 N–H and O–H groups in total. The van der Waals surface area contributed by atoms with E-state index in [1.165, 1.54) is 6.08 Å². The molecule has 0 aromatic heterocycles. The molecule has 0 saturated heterocycles. The smallest absolute Gasteiger partial charge is 0.246 e. The molecule has 0 saturated carbocycles. The number of aliphatic hydroxyl groups is 1. The third kappa shape index (κ3) is 5.89. The Morgan fingerprint density at radius 3 is 2.60 bits per heavy atom. The summed E-state index contributed by atoms with van der Waals surface area (Å²) in [5.41, 5.74) is 0.950. The molecular weight excluding hydrogens is 254 g/mol. The van der Waals surface area contributed by atoms with Crippen LogP contribution in [0.15, 0.2) is 30.3 Å². The van der Waals surface area contributed by atoms with Crippen molar-refractivity contribution in [3.05, 3.63) is 35.9 Å². The molecule has 110 valence electrons. The highest BCUT2D eigenvalue weighted by molar-refractivity contribution is 5.91. The lowest BCUT2D eigenvalue weighted by Gasteiger charge is -2.15. The molecule has 4 heteroatoms. The topological polar surface area (TPSA) is 49.8 Å². The Morgan fingerprint density at radius 1 is 1.40 bits per heavy atom. The summed E-state index contributed by atoms with van der Waals surface area (Å²) in [6.45, 7) is 4.84. The summed E-state index contributed by atoms with van der Waals surface area (Å²) >= 11 is 0. The average Bonchev–Trinajstić information content (AvgIpc) is 2.44. The Kier molecular flexibility index (Phi) is 6.81. The zero-order valence-corrected chi connectivity index (χ0v) is 12.4. The van der Waals surface area contributed by atoms with Gasteiger partial charge in [-0.1, -0.05) is 12.1 Å². The SMILES string of the molecule is CCOc1ccc(/C=C/C(=O)N(C)CCC(C)O)cc1. The standard InChI is InChI=1S/C16H23NO3/c1-4-20-15-8-5-14(6-9-15)7-10-16(19)17(3)12-11-13(2)18/h5-10,13,18H,4,11-12H2,1-3H3/b10-7+. The third-order valence-corrected chi connectivity index (χ3v) is 2.87.